The van der Waals surface area contributed by atoms with Crippen LogP contribution in [0.4, 0.5) is 5.69 Å². The molecule has 4 nitrogen and oxygen atoms in total. The molecule has 82 valence electrons. The number of nitrogens with one attached hydrogen (secondary N) is 1. The van der Waals surface area contributed by atoms with Crippen LogP contribution >= 0.6 is 15.9 Å². The molecule has 0 spiro atoms. The minimum Gasteiger partial charge on any atom is -0.456 e. The number of rotatable bonds is 2. The zero-order chi connectivity index (χ0) is 11.5. The molecule has 0 unspecified atom stereocenters. The van der Waals surface area contributed by atoms with Gasteiger partial charge in [0.1, 0.15) is 5.76 Å². The van der Waals surface area contributed by atoms with E-state index >= 15 is 0 Å². The highest BCUT2D eigenvalue weighted by atomic mass is 79.9. The molecule has 0 saturated carbocycles. The third kappa shape index (κ3) is 2.30. The lowest BCUT2D eigenvalue weighted by Crippen LogP contribution is -2.11. The maximum absolute atomic E-state index is 11.7. The van der Waals surface area contributed by atoms with E-state index in [0.29, 0.717) is 17.2 Å². The van der Waals surface area contributed by atoms with Crippen molar-refractivity contribution in [3.63, 3.8) is 0 Å². The number of hydrogen-bond donors (Lipinski definition) is 1. The Bertz CT molecular complexity index is 522. The second kappa shape index (κ2) is 4.49. The minimum absolute atomic E-state index is 0.278. The highest BCUT2D eigenvalue weighted by Gasteiger charge is 2.11. The highest BCUT2D eigenvalue weighted by Crippen LogP contribution is 2.20. The van der Waals surface area contributed by atoms with E-state index in [1.807, 2.05) is 0 Å². The predicted molar refractivity (Wildman–Crippen MR) is 63.3 cm³/mol. The molecular weight excluding hydrogens is 272 g/mol. The monoisotopic (exact) mass is 280 g/mol. The van der Waals surface area contributed by atoms with Crippen molar-refractivity contribution in [3.05, 3.63) is 46.6 Å². The van der Waals surface area contributed by atoms with Gasteiger partial charge < -0.3 is 9.73 Å². The molecule has 0 saturated heterocycles. The zero-order valence-electron chi connectivity index (χ0n) is 8.53. The van der Waals surface area contributed by atoms with E-state index in [4.69, 9.17) is 4.42 Å². The number of hydrogen-bond acceptors (Lipinski definition) is 3. The summed E-state index contributed by atoms with van der Waals surface area (Å²) in [5.41, 5.74) is 0.661. The summed E-state index contributed by atoms with van der Waals surface area (Å²) in [5, 5.41) is 2.72. The van der Waals surface area contributed by atoms with E-state index in [1.165, 1.54) is 0 Å². The molecule has 0 aliphatic carbocycles. The van der Waals surface area contributed by atoms with Crippen molar-refractivity contribution < 1.29 is 9.21 Å². The molecule has 2 rings (SSSR count). The quantitative estimate of drug-likeness (QED) is 0.920. The molecule has 2 aromatic rings. The molecular formula is C11H9BrN2O2. The molecule has 0 radical (unpaired) electrons. The van der Waals surface area contributed by atoms with Gasteiger partial charge in [-0.25, -0.2) is 0 Å². The standard InChI is InChI=1S/C11H9BrN2O2/c1-7-2-3-10(16-7)11(15)14-9-4-5-13-6-8(9)12/h2-6H,1H3,(H,13,14,15). The minimum atomic E-state index is -0.278. The van der Waals surface area contributed by atoms with Gasteiger partial charge in [-0.05, 0) is 41.1 Å². The Morgan fingerprint density at radius 1 is 1.44 bits per heavy atom. The van der Waals surface area contributed by atoms with Crippen molar-refractivity contribution in [2.45, 2.75) is 6.92 Å². The summed E-state index contributed by atoms with van der Waals surface area (Å²) in [6.45, 7) is 1.79. The average molecular weight is 281 g/mol. The van der Waals surface area contributed by atoms with E-state index < -0.39 is 0 Å². The molecule has 2 aromatic heterocycles. The number of aryl methyl sites for hydroxylation is 1. The predicted octanol–water partition coefficient (Wildman–Crippen LogP) is 3.00. The van der Waals surface area contributed by atoms with Crippen LogP contribution in [0.25, 0.3) is 0 Å². The first-order valence-corrected chi connectivity index (χ1v) is 5.43. The summed E-state index contributed by atoms with van der Waals surface area (Å²) >= 11 is 3.29. The number of pyridine rings is 1. The molecule has 1 amide bonds. The van der Waals surface area contributed by atoms with Crippen LogP contribution in [0.2, 0.25) is 0 Å². The van der Waals surface area contributed by atoms with E-state index in [-0.39, 0.29) is 5.91 Å². The first kappa shape index (κ1) is 10.9. The first-order chi connectivity index (χ1) is 7.66. The van der Waals surface area contributed by atoms with Gasteiger partial charge in [0, 0.05) is 12.4 Å². The fraction of sp³-hybridized carbons (Fsp3) is 0.0909. The average Bonchev–Trinajstić information content (AvgIpc) is 2.68. The van der Waals surface area contributed by atoms with Crippen molar-refractivity contribution in [2.75, 3.05) is 5.32 Å². The fourth-order valence-corrected chi connectivity index (χ4v) is 1.57. The summed E-state index contributed by atoms with van der Waals surface area (Å²) in [6.07, 6.45) is 3.22. The molecule has 0 aliphatic heterocycles. The van der Waals surface area contributed by atoms with Crippen LogP contribution in [0.15, 0.2) is 39.5 Å². The van der Waals surface area contributed by atoms with Gasteiger partial charge in [-0.3, -0.25) is 9.78 Å². The Balaban J connectivity index is 2.17. The molecule has 2 heterocycles. The van der Waals surface area contributed by atoms with Gasteiger partial charge in [-0.1, -0.05) is 0 Å². The van der Waals surface area contributed by atoms with Gasteiger partial charge in [-0.15, -0.1) is 0 Å². The Morgan fingerprint density at radius 2 is 2.25 bits per heavy atom. The molecule has 0 aliphatic rings. The summed E-state index contributed by atoms with van der Waals surface area (Å²) in [6, 6.07) is 5.09. The van der Waals surface area contributed by atoms with E-state index in [1.54, 1.807) is 37.5 Å². The number of nitrogens with zero attached hydrogens (tertiary/aromatic N) is 1. The first-order valence-electron chi connectivity index (χ1n) is 4.64. The molecule has 0 atom stereocenters. The maximum Gasteiger partial charge on any atom is 0.291 e. The van der Waals surface area contributed by atoms with Crippen LogP contribution in [-0.2, 0) is 0 Å². The van der Waals surface area contributed by atoms with Gasteiger partial charge in [0.15, 0.2) is 5.76 Å². The van der Waals surface area contributed by atoms with Gasteiger partial charge in [0.2, 0.25) is 0 Å². The third-order valence-electron chi connectivity index (χ3n) is 1.98. The van der Waals surface area contributed by atoms with Crippen LogP contribution in [0.1, 0.15) is 16.3 Å². The summed E-state index contributed by atoms with van der Waals surface area (Å²) < 4.78 is 5.94. The third-order valence-corrected chi connectivity index (χ3v) is 2.62. The summed E-state index contributed by atoms with van der Waals surface area (Å²) in [4.78, 5) is 15.6. The fourth-order valence-electron chi connectivity index (χ4n) is 1.22. The van der Waals surface area contributed by atoms with E-state index in [0.717, 1.165) is 4.47 Å². The Labute approximate surface area is 101 Å². The van der Waals surface area contributed by atoms with Crippen molar-refractivity contribution >= 4 is 27.5 Å². The van der Waals surface area contributed by atoms with E-state index in [2.05, 4.69) is 26.2 Å². The van der Waals surface area contributed by atoms with E-state index in [9.17, 15) is 4.79 Å². The second-order valence-electron chi connectivity index (χ2n) is 3.22. The molecule has 16 heavy (non-hydrogen) atoms. The Hall–Kier alpha value is -1.62. The van der Waals surface area contributed by atoms with Gasteiger partial charge in [0.25, 0.3) is 5.91 Å². The molecule has 0 aromatic carbocycles. The number of halogens is 1. The number of anilines is 1. The molecule has 0 fully saturated rings. The van der Waals surface area contributed by atoms with Gasteiger partial charge >= 0.3 is 0 Å². The summed E-state index contributed by atoms with van der Waals surface area (Å²) in [7, 11) is 0. The summed E-state index contributed by atoms with van der Waals surface area (Å²) in [5.74, 6) is 0.722. The number of carbonyl (C=O) groups excluding carboxylic acids is 1. The number of carbonyl (C=O) groups is 1. The number of amides is 1. The highest BCUT2D eigenvalue weighted by molar-refractivity contribution is 9.10. The van der Waals surface area contributed by atoms with Crippen LogP contribution in [0, 0.1) is 6.92 Å². The lowest BCUT2D eigenvalue weighted by atomic mass is 10.3. The number of aromatic nitrogens is 1. The topological polar surface area (TPSA) is 55.1 Å². The largest absolute Gasteiger partial charge is 0.456 e. The normalized spacial score (nSPS) is 10.1. The SMILES string of the molecule is Cc1ccc(C(=O)Nc2ccncc2Br)o1. The van der Waals surface area contributed by atoms with Crippen LogP contribution in [0.5, 0.6) is 0 Å². The number of furan rings is 1. The molecule has 5 heteroatoms. The molecule has 0 bridgehead atoms. The van der Waals surface area contributed by atoms with Crippen LogP contribution < -0.4 is 5.32 Å². The molecule has 1 N–H and O–H groups in total. The lowest BCUT2D eigenvalue weighted by Gasteiger charge is -2.04. The zero-order valence-corrected chi connectivity index (χ0v) is 10.1. The second-order valence-corrected chi connectivity index (χ2v) is 4.07. The van der Waals surface area contributed by atoms with Crippen LogP contribution in [0.3, 0.4) is 0 Å². The van der Waals surface area contributed by atoms with Gasteiger partial charge in [0.05, 0.1) is 10.2 Å². The van der Waals surface area contributed by atoms with Crippen molar-refractivity contribution in [3.8, 4) is 0 Å². The smallest absolute Gasteiger partial charge is 0.291 e. The lowest BCUT2D eigenvalue weighted by molar-refractivity contribution is 0.0995. The van der Waals surface area contributed by atoms with Crippen molar-refractivity contribution in [1.29, 1.82) is 0 Å². The van der Waals surface area contributed by atoms with Crippen molar-refractivity contribution in [1.82, 2.24) is 4.98 Å². The van der Waals surface area contributed by atoms with Crippen molar-refractivity contribution in [2.24, 2.45) is 0 Å². The Kier molecular flexibility index (Phi) is 3.05. The van der Waals surface area contributed by atoms with Gasteiger partial charge in [-0.2, -0.15) is 0 Å². The van der Waals surface area contributed by atoms with Crippen LogP contribution in [-0.4, -0.2) is 10.9 Å². The Morgan fingerprint density at radius 3 is 2.88 bits per heavy atom. The maximum atomic E-state index is 11.7.